The summed E-state index contributed by atoms with van der Waals surface area (Å²) in [4.78, 5) is 14.2. The quantitative estimate of drug-likeness (QED) is 0.775. The number of benzene rings is 1. The largest absolute Gasteiger partial charge is 0.353 e. The number of likely N-dealkylation sites (N-methyl/N-ethyl adjacent to an activating group) is 1. The first kappa shape index (κ1) is 18.7. The van der Waals surface area contributed by atoms with Gasteiger partial charge in [-0.15, -0.1) is 0 Å². The number of nitrogens with two attached hydrogens (primary N) is 1. The van der Waals surface area contributed by atoms with Gasteiger partial charge in [-0.25, -0.2) is 0 Å². The van der Waals surface area contributed by atoms with Gasteiger partial charge < -0.3 is 16.0 Å². The fourth-order valence-corrected chi connectivity index (χ4v) is 2.52. The van der Waals surface area contributed by atoms with Crippen LogP contribution in [0.2, 0.25) is 0 Å². The van der Waals surface area contributed by atoms with Gasteiger partial charge in [0.2, 0.25) is 5.91 Å². The highest BCUT2D eigenvalue weighted by molar-refractivity contribution is 5.81. The Labute approximate surface area is 135 Å². The molecule has 1 rings (SSSR count). The number of aryl methyl sites for hydroxylation is 1. The van der Waals surface area contributed by atoms with Gasteiger partial charge in [0.05, 0.1) is 12.1 Å². The lowest BCUT2D eigenvalue weighted by Crippen LogP contribution is -2.44. The van der Waals surface area contributed by atoms with Gasteiger partial charge in [0.15, 0.2) is 0 Å². The smallest absolute Gasteiger partial charge is 0.236 e. The minimum atomic E-state index is -0.426. The summed E-state index contributed by atoms with van der Waals surface area (Å²) in [5.41, 5.74) is 8.46. The minimum Gasteiger partial charge on any atom is -0.353 e. The average molecular weight is 305 g/mol. The number of amides is 1. The molecule has 1 aromatic carbocycles. The van der Waals surface area contributed by atoms with E-state index in [0.29, 0.717) is 18.9 Å². The first-order chi connectivity index (χ1) is 10.3. The summed E-state index contributed by atoms with van der Waals surface area (Å²) in [6.45, 7) is 6.87. The van der Waals surface area contributed by atoms with Crippen LogP contribution in [0.5, 0.6) is 0 Å². The van der Waals surface area contributed by atoms with Gasteiger partial charge in [-0.2, -0.15) is 0 Å². The third-order valence-electron chi connectivity index (χ3n) is 3.93. The van der Waals surface area contributed by atoms with Crippen LogP contribution in [0.25, 0.3) is 0 Å². The van der Waals surface area contributed by atoms with Crippen LogP contribution in [-0.4, -0.2) is 37.5 Å². The molecule has 124 valence electrons. The van der Waals surface area contributed by atoms with Crippen molar-refractivity contribution in [1.82, 2.24) is 10.2 Å². The van der Waals surface area contributed by atoms with E-state index >= 15 is 0 Å². The van der Waals surface area contributed by atoms with Crippen LogP contribution in [-0.2, 0) is 11.2 Å². The summed E-state index contributed by atoms with van der Waals surface area (Å²) in [6, 6.07) is 8.32. The molecule has 0 heterocycles. The topological polar surface area (TPSA) is 58.4 Å². The van der Waals surface area contributed by atoms with Crippen LogP contribution in [0.1, 0.15) is 44.4 Å². The summed E-state index contributed by atoms with van der Waals surface area (Å²) >= 11 is 0. The first-order valence-electron chi connectivity index (χ1n) is 8.13. The van der Waals surface area contributed by atoms with Gasteiger partial charge in [0.25, 0.3) is 0 Å². The highest BCUT2D eigenvalue weighted by Gasteiger charge is 2.19. The molecule has 4 heteroatoms. The van der Waals surface area contributed by atoms with Crippen molar-refractivity contribution in [3.05, 3.63) is 35.4 Å². The van der Waals surface area contributed by atoms with Crippen molar-refractivity contribution >= 4 is 5.91 Å². The molecule has 0 radical (unpaired) electrons. The van der Waals surface area contributed by atoms with Crippen molar-refractivity contribution in [2.45, 2.75) is 45.7 Å². The van der Waals surface area contributed by atoms with Gasteiger partial charge in [-0.05, 0) is 44.0 Å². The lowest BCUT2D eigenvalue weighted by molar-refractivity contribution is -0.122. The van der Waals surface area contributed by atoms with E-state index in [2.05, 4.69) is 55.3 Å². The zero-order chi connectivity index (χ0) is 16.7. The van der Waals surface area contributed by atoms with Crippen molar-refractivity contribution in [1.29, 1.82) is 0 Å². The summed E-state index contributed by atoms with van der Waals surface area (Å²) in [5, 5.41) is 2.99. The number of nitrogens with zero attached hydrogens (tertiary/aromatic N) is 1. The number of carbonyl (C=O) groups excluding carboxylic acids is 1. The van der Waals surface area contributed by atoms with Gasteiger partial charge in [-0.1, -0.05) is 45.0 Å². The van der Waals surface area contributed by atoms with Crippen LogP contribution in [0.4, 0.5) is 0 Å². The highest BCUT2D eigenvalue weighted by Crippen LogP contribution is 2.18. The second-order valence-electron chi connectivity index (χ2n) is 6.56. The van der Waals surface area contributed by atoms with Gasteiger partial charge in [0, 0.05) is 6.54 Å². The fraction of sp³-hybridized carbons (Fsp3) is 0.611. The SMILES string of the molecule is CCc1ccc(C(CNC(=O)[C@@H](N)CC(C)C)N(C)C)cc1. The van der Waals surface area contributed by atoms with Crippen molar-refractivity contribution in [3.63, 3.8) is 0 Å². The molecule has 0 aliphatic heterocycles. The maximum absolute atomic E-state index is 12.1. The van der Waals surface area contributed by atoms with Crippen molar-refractivity contribution in [2.24, 2.45) is 11.7 Å². The Balaban J connectivity index is 2.66. The Hall–Kier alpha value is -1.39. The van der Waals surface area contributed by atoms with Crippen LogP contribution < -0.4 is 11.1 Å². The second kappa shape index (κ2) is 8.91. The van der Waals surface area contributed by atoms with E-state index in [1.807, 2.05) is 14.1 Å². The lowest BCUT2D eigenvalue weighted by atomic mass is 10.0. The van der Waals surface area contributed by atoms with Crippen LogP contribution in [0.15, 0.2) is 24.3 Å². The van der Waals surface area contributed by atoms with Crippen molar-refractivity contribution < 1.29 is 4.79 Å². The molecule has 4 nitrogen and oxygen atoms in total. The number of hydrogen-bond donors (Lipinski definition) is 2. The average Bonchev–Trinajstić information content (AvgIpc) is 2.46. The molecule has 0 aliphatic rings. The molecule has 1 unspecified atom stereocenters. The van der Waals surface area contributed by atoms with E-state index in [9.17, 15) is 4.79 Å². The van der Waals surface area contributed by atoms with Crippen molar-refractivity contribution in [3.8, 4) is 0 Å². The molecule has 0 saturated heterocycles. The van der Waals surface area contributed by atoms with E-state index < -0.39 is 6.04 Å². The molecule has 0 aromatic heterocycles. The summed E-state index contributed by atoms with van der Waals surface area (Å²) in [6.07, 6.45) is 1.75. The molecule has 2 atom stereocenters. The summed E-state index contributed by atoms with van der Waals surface area (Å²) in [7, 11) is 4.05. The zero-order valence-electron chi connectivity index (χ0n) is 14.6. The van der Waals surface area contributed by atoms with E-state index in [1.165, 1.54) is 11.1 Å². The van der Waals surface area contributed by atoms with Gasteiger partial charge >= 0.3 is 0 Å². The molecule has 0 saturated carbocycles. The third-order valence-corrected chi connectivity index (χ3v) is 3.93. The number of rotatable bonds is 8. The third kappa shape index (κ3) is 5.78. The molecule has 0 spiro atoms. The highest BCUT2D eigenvalue weighted by atomic mass is 16.2. The summed E-state index contributed by atoms with van der Waals surface area (Å²) in [5.74, 6) is 0.359. The van der Waals surface area contributed by atoms with E-state index in [1.54, 1.807) is 0 Å². The van der Waals surface area contributed by atoms with Crippen molar-refractivity contribution in [2.75, 3.05) is 20.6 Å². The van der Waals surface area contributed by atoms with Crippen LogP contribution in [0.3, 0.4) is 0 Å². The maximum Gasteiger partial charge on any atom is 0.236 e. The Morgan fingerprint density at radius 3 is 2.27 bits per heavy atom. The van der Waals surface area contributed by atoms with Gasteiger partial charge in [-0.3, -0.25) is 4.79 Å². The van der Waals surface area contributed by atoms with Crippen LogP contribution >= 0.6 is 0 Å². The van der Waals surface area contributed by atoms with Crippen LogP contribution in [0, 0.1) is 5.92 Å². The molecule has 0 aliphatic carbocycles. The Bertz CT molecular complexity index is 454. The molecule has 1 aromatic rings. The standard InChI is InChI=1S/C18H31N3O/c1-6-14-7-9-15(10-8-14)17(21(4)5)12-20-18(22)16(19)11-13(2)3/h7-10,13,16-17H,6,11-12,19H2,1-5H3,(H,20,22)/t16-,17?/m0/s1. The first-order valence-corrected chi connectivity index (χ1v) is 8.13. The monoisotopic (exact) mass is 305 g/mol. The normalized spacial score (nSPS) is 14.2. The second-order valence-corrected chi connectivity index (χ2v) is 6.56. The van der Waals surface area contributed by atoms with Gasteiger partial charge in [0.1, 0.15) is 0 Å². The maximum atomic E-state index is 12.1. The van der Waals surface area contributed by atoms with E-state index in [4.69, 9.17) is 5.73 Å². The summed E-state index contributed by atoms with van der Waals surface area (Å²) < 4.78 is 0. The molecule has 22 heavy (non-hydrogen) atoms. The molecule has 1 amide bonds. The lowest BCUT2D eigenvalue weighted by Gasteiger charge is -2.26. The molecule has 0 fully saturated rings. The Morgan fingerprint density at radius 1 is 1.23 bits per heavy atom. The minimum absolute atomic E-state index is 0.0641. The Kier molecular flexibility index (Phi) is 7.56. The van der Waals surface area contributed by atoms with E-state index in [-0.39, 0.29) is 11.9 Å². The molecule has 0 bridgehead atoms. The molecular formula is C18H31N3O. The molecule has 3 N–H and O–H groups in total. The molecular weight excluding hydrogens is 274 g/mol. The number of hydrogen-bond acceptors (Lipinski definition) is 3. The fourth-order valence-electron chi connectivity index (χ4n) is 2.52. The number of nitrogens with one attached hydrogen (secondary N) is 1. The zero-order valence-corrected chi connectivity index (χ0v) is 14.6. The Morgan fingerprint density at radius 2 is 1.82 bits per heavy atom. The predicted molar refractivity (Wildman–Crippen MR) is 92.7 cm³/mol. The van der Waals surface area contributed by atoms with E-state index in [0.717, 1.165) is 6.42 Å². The predicted octanol–water partition coefficient (Wildman–Crippen LogP) is 2.34. The number of carbonyl (C=O) groups is 1.